The minimum Gasteiger partial charge on any atom is -0.339 e. The molecule has 138 valence electrons. The van der Waals surface area contributed by atoms with Crippen LogP contribution in [0.25, 0.3) is 0 Å². The van der Waals surface area contributed by atoms with E-state index < -0.39 is 0 Å². The number of anilines is 2. The molecule has 3 rings (SSSR count). The van der Waals surface area contributed by atoms with Gasteiger partial charge in [0.1, 0.15) is 0 Å². The molecule has 0 atom stereocenters. The number of amides is 3. The van der Waals surface area contributed by atoms with Gasteiger partial charge in [-0.25, -0.2) is 4.79 Å². The van der Waals surface area contributed by atoms with Crippen LogP contribution in [-0.4, -0.2) is 47.1 Å². The van der Waals surface area contributed by atoms with Crippen molar-refractivity contribution >= 4 is 23.3 Å². The Balaban J connectivity index is 1.58. The number of aryl methyl sites for hydroxylation is 1. The molecule has 2 heterocycles. The first-order chi connectivity index (χ1) is 12.4. The van der Waals surface area contributed by atoms with Gasteiger partial charge in [-0.2, -0.15) is 4.98 Å². The van der Waals surface area contributed by atoms with Gasteiger partial charge in [0.2, 0.25) is 11.8 Å². The fourth-order valence-corrected chi connectivity index (χ4v) is 2.99. The maximum atomic E-state index is 12.5. The number of benzene rings is 1. The molecule has 1 aliphatic rings. The van der Waals surface area contributed by atoms with Crippen molar-refractivity contribution in [1.29, 1.82) is 0 Å². The lowest BCUT2D eigenvalue weighted by Gasteiger charge is -2.30. The third kappa shape index (κ3) is 4.01. The Kier molecular flexibility index (Phi) is 5.20. The molecule has 0 saturated carbocycles. The quantitative estimate of drug-likeness (QED) is 0.912. The van der Waals surface area contributed by atoms with E-state index in [1.165, 1.54) is 11.8 Å². The van der Waals surface area contributed by atoms with Gasteiger partial charge >= 0.3 is 6.03 Å². The largest absolute Gasteiger partial charge is 0.339 e. The molecule has 0 aliphatic carbocycles. The van der Waals surface area contributed by atoms with Crippen molar-refractivity contribution in [3.05, 3.63) is 36.0 Å². The second kappa shape index (κ2) is 7.55. The smallest absolute Gasteiger partial charge is 0.321 e. The SMILES string of the molecule is CC(=O)N(C)c1cccc(NC(=O)N2CCC(c3nc(C)no3)CC2)c1. The highest BCUT2D eigenvalue weighted by Gasteiger charge is 2.27. The molecule has 1 aliphatic heterocycles. The second-order valence-corrected chi connectivity index (χ2v) is 6.50. The van der Waals surface area contributed by atoms with Crippen LogP contribution in [0.4, 0.5) is 16.2 Å². The normalized spacial score (nSPS) is 15.0. The summed E-state index contributed by atoms with van der Waals surface area (Å²) in [6.45, 7) is 4.56. The van der Waals surface area contributed by atoms with Crippen LogP contribution in [-0.2, 0) is 4.79 Å². The number of urea groups is 1. The highest BCUT2D eigenvalue weighted by Crippen LogP contribution is 2.27. The Morgan fingerprint density at radius 2 is 2.04 bits per heavy atom. The molecule has 1 aromatic carbocycles. The third-order valence-electron chi connectivity index (χ3n) is 4.63. The fourth-order valence-electron chi connectivity index (χ4n) is 2.99. The summed E-state index contributed by atoms with van der Waals surface area (Å²) in [5, 5.41) is 6.73. The number of rotatable bonds is 3. The van der Waals surface area contributed by atoms with Gasteiger partial charge in [0.05, 0.1) is 0 Å². The number of carbonyl (C=O) groups excluding carboxylic acids is 2. The van der Waals surface area contributed by atoms with Crippen LogP contribution in [0.2, 0.25) is 0 Å². The number of carbonyl (C=O) groups is 2. The maximum Gasteiger partial charge on any atom is 0.321 e. The Bertz CT molecular complexity index is 796. The third-order valence-corrected chi connectivity index (χ3v) is 4.63. The number of nitrogens with one attached hydrogen (secondary N) is 1. The zero-order valence-electron chi connectivity index (χ0n) is 15.2. The highest BCUT2D eigenvalue weighted by molar-refractivity contribution is 5.93. The Labute approximate surface area is 152 Å². The van der Waals surface area contributed by atoms with E-state index in [1.807, 2.05) is 18.2 Å². The summed E-state index contributed by atoms with van der Waals surface area (Å²) in [6.07, 6.45) is 1.59. The first-order valence-corrected chi connectivity index (χ1v) is 8.64. The van der Waals surface area contributed by atoms with Crippen molar-refractivity contribution in [2.45, 2.75) is 32.6 Å². The molecule has 3 amide bonds. The van der Waals surface area contributed by atoms with E-state index in [0.717, 1.165) is 18.5 Å². The van der Waals surface area contributed by atoms with Crippen molar-refractivity contribution < 1.29 is 14.1 Å². The molecule has 2 aromatic rings. The predicted octanol–water partition coefficient (Wildman–Crippen LogP) is 2.77. The van der Waals surface area contributed by atoms with E-state index >= 15 is 0 Å². The average Bonchev–Trinajstić information content (AvgIpc) is 3.07. The van der Waals surface area contributed by atoms with Gasteiger partial charge < -0.3 is 19.6 Å². The minimum atomic E-state index is -0.146. The van der Waals surface area contributed by atoms with Crippen molar-refractivity contribution in [2.24, 2.45) is 0 Å². The van der Waals surface area contributed by atoms with Crippen molar-refractivity contribution in [2.75, 3.05) is 30.4 Å². The van der Waals surface area contributed by atoms with Gasteiger partial charge in [-0.05, 0) is 38.0 Å². The average molecular weight is 357 g/mol. The van der Waals surface area contributed by atoms with E-state index in [4.69, 9.17) is 4.52 Å². The molecule has 0 radical (unpaired) electrons. The van der Waals surface area contributed by atoms with E-state index in [0.29, 0.717) is 30.5 Å². The van der Waals surface area contributed by atoms with E-state index in [9.17, 15) is 9.59 Å². The molecule has 0 spiro atoms. The van der Waals surface area contributed by atoms with Crippen molar-refractivity contribution in [3.63, 3.8) is 0 Å². The summed E-state index contributed by atoms with van der Waals surface area (Å²) in [6, 6.07) is 7.09. The second-order valence-electron chi connectivity index (χ2n) is 6.50. The van der Waals surface area contributed by atoms with Crippen LogP contribution in [0.15, 0.2) is 28.8 Å². The van der Waals surface area contributed by atoms with E-state index in [2.05, 4.69) is 15.5 Å². The molecule has 0 unspecified atom stereocenters. The minimum absolute atomic E-state index is 0.0631. The number of hydrogen-bond donors (Lipinski definition) is 1. The monoisotopic (exact) mass is 357 g/mol. The molecule has 26 heavy (non-hydrogen) atoms. The molecular weight excluding hydrogens is 334 g/mol. The molecule has 1 N–H and O–H groups in total. The van der Waals surface area contributed by atoms with Gasteiger partial charge in [-0.3, -0.25) is 4.79 Å². The first kappa shape index (κ1) is 17.9. The van der Waals surface area contributed by atoms with Crippen LogP contribution in [0.1, 0.15) is 37.4 Å². The van der Waals surface area contributed by atoms with Crippen LogP contribution >= 0.6 is 0 Å². The summed E-state index contributed by atoms with van der Waals surface area (Å²) in [5.41, 5.74) is 1.40. The summed E-state index contributed by atoms with van der Waals surface area (Å²) in [4.78, 5) is 31.6. The molecule has 8 nitrogen and oxygen atoms in total. The van der Waals surface area contributed by atoms with Crippen LogP contribution < -0.4 is 10.2 Å². The molecule has 1 fully saturated rings. The van der Waals surface area contributed by atoms with Gasteiger partial charge in [-0.15, -0.1) is 0 Å². The molecule has 1 aromatic heterocycles. The lowest BCUT2D eigenvalue weighted by molar-refractivity contribution is -0.116. The fraction of sp³-hybridized carbons (Fsp3) is 0.444. The van der Waals surface area contributed by atoms with Gasteiger partial charge in [0, 0.05) is 44.4 Å². The topological polar surface area (TPSA) is 91.6 Å². The first-order valence-electron chi connectivity index (χ1n) is 8.64. The summed E-state index contributed by atoms with van der Waals surface area (Å²) >= 11 is 0. The number of nitrogens with zero attached hydrogens (tertiary/aromatic N) is 4. The number of likely N-dealkylation sites (tertiary alicyclic amines) is 1. The maximum absolute atomic E-state index is 12.5. The van der Waals surface area contributed by atoms with Crippen molar-refractivity contribution in [1.82, 2.24) is 15.0 Å². The molecule has 8 heteroatoms. The number of aromatic nitrogens is 2. The number of hydrogen-bond acceptors (Lipinski definition) is 5. The lowest BCUT2D eigenvalue weighted by atomic mass is 9.97. The molecule has 1 saturated heterocycles. The summed E-state index contributed by atoms with van der Waals surface area (Å²) in [5.74, 6) is 1.43. The van der Waals surface area contributed by atoms with Crippen LogP contribution in [0.5, 0.6) is 0 Å². The molecular formula is C18H23N5O3. The predicted molar refractivity (Wildman–Crippen MR) is 97.1 cm³/mol. The molecule has 0 bridgehead atoms. The van der Waals surface area contributed by atoms with Crippen molar-refractivity contribution in [3.8, 4) is 0 Å². The highest BCUT2D eigenvalue weighted by atomic mass is 16.5. The van der Waals surface area contributed by atoms with E-state index in [-0.39, 0.29) is 17.9 Å². The Morgan fingerprint density at radius 3 is 2.65 bits per heavy atom. The zero-order valence-corrected chi connectivity index (χ0v) is 15.2. The van der Waals surface area contributed by atoms with Gasteiger partial charge in [0.25, 0.3) is 0 Å². The Morgan fingerprint density at radius 1 is 1.31 bits per heavy atom. The summed E-state index contributed by atoms with van der Waals surface area (Å²) in [7, 11) is 1.70. The standard InChI is InChI=1S/C18H23N5O3/c1-12-19-17(26-21-12)14-7-9-23(10-8-14)18(25)20-15-5-4-6-16(11-15)22(3)13(2)24/h4-6,11,14H,7-10H2,1-3H3,(H,20,25). The number of piperidine rings is 1. The van der Waals surface area contributed by atoms with Gasteiger partial charge in [0.15, 0.2) is 5.82 Å². The van der Waals surface area contributed by atoms with Crippen LogP contribution in [0, 0.1) is 6.92 Å². The lowest BCUT2D eigenvalue weighted by Crippen LogP contribution is -2.40. The van der Waals surface area contributed by atoms with E-state index in [1.54, 1.807) is 24.9 Å². The Hall–Kier alpha value is -2.90. The summed E-state index contributed by atoms with van der Waals surface area (Å²) < 4.78 is 5.24. The van der Waals surface area contributed by atoms with Crippen LogP contribution in [0.3, 0.4) is 0 Å². The zero-order chi connectivity index (χ0) is 18.7. The van der Waals surface area contributed by atoms with Gasteiger partial charge in [-0.1, -0.05) is 11.2 Å².